The average Bonchev–Trinajstić information content (AvgIpc) is 4.19. The molecule has 0 saturated carbocycles. The van der Waals surface area contributed by atoms with Crippen molar-refractivity contribution in [3.8, 4) is 54.9 Å². The number of carboxylic acids is 2. The summed E-state index contributed by atoms with van der Waals surface area (Å²) in [6.45, 7) is 5.90. The highest BCUT2D eigenvalue weighted by atomic mass is 32.2. The molecule has 3 aromatic carbocycles. The van der Waals surface area contributed by atoms with E-state index in [4.69, 9.17) is 66.8 Å². The van der Waals surface area contributed by atoms with Crippen molar-refractivity contribution in [1.29, 1.82) is 0 Å². The molecule has 0 amide bonds. The van der Waals surface area contributed by atoms with E-state index in [9.17, 15) is 9.59 Å². The van der Waals surface area contributed by atoms with E-state index in [1.54, 1.807) is 22.7 Å². The molecule has 7 aromatic rings. The monoisotopic (exact) mass is 1040 g/mol. The van der Waals surface area contributed by atoms with Gasteiger partial charge in [-0.05, 0) is 71.4 Å². The van der Waals surface area contributed by atoms with Gasteiger partial charge in [0.1, 0.15) is 46.8 Å². The van der Waals surface area contributed by atoms with Crippen LogP contribution in [0.2, 0.25) is 0 Å². The van der Waals surface area contributed by atoms with Crippen LogP contribution in [0.25, 0.3) is 65.5 Å². The van der Waals surface area contributed by atoms with E-state index in [-0.39, 0.29) is 11.5 Å². The number of hydrogen-bond acceptors (Lipinski definition) is 19. The first kappa shape index (κ1) is 52.1. The predicted octanol–water partition coefficient (Wildman–Crippen LogP) is 8.92. The first-order chi connectivity index (χ1) is 34.0. The van der Waals surface area contributed by atoms with Crippen molar-refractivity contribution in [3.05, 3.63) is 83.6 Å². The molecule has 0 aliphatic rings. The third kappa shape index (κ3) is 16.1. The fourth-order valence-corrected chi connectivity index (χ4v) is 9.94. The first-order valence-electron chi connectivity index (χ1n) is 22.1. The van der Waals surface area contributed by atoms with Crippen molar-refractivity contribution in [2.45, 2.75) is 0 Å². The van der Waals surface area contributed by atoms with Crippen LogP contribution in [0, 0.1) is 0 Å². The van der Waals surface area contributed by atoms with Gasteiger partial charge < -0.3 is 48.1 Å². The van der Waals surface area contributed by atoms with Crippen LogP contribution in [-0.2, 0) is 38.0 Å². The molecule has 0 radical (unpaired) electrons. The zero-order valence-electron chi connectivity index (χ0n) is 37.6. The topological polar surface area (TPSA) is 200 Å². The van der Waals surface area contributed by atoms with Crippen LogP contribution in [0.4, 0.5) is 0 Å². The van der Waals surface area contributed by atoms with Gasteiger partial charge in [-0.15, -0.1) is 46.2 Å². The molecule has 0 fully saturated rings. The Morgan fingerprint density at radius 3 is 1.17 bits per heavy atom. The van der Waals surface area contributed by atoms with Gasteiger partial charge in [0.2, 0.25) is 0 Å². The summed E-state index contributed by atoms with van der Waals surface area (Å²) in [4.78, 5) is 34.2. The van der Waals surface area contributed by atoms with E-state index in [1.807, 2.05) is 60.7 Å². The Labute approximate surface area is 419 Å². The predicted molar refractivity (Wildman–Crippen MR) is 274 cm³/mol. The number of carbonyl (C=O) groups is 2. The summed E-state index contributed by atoms with van der Waals surface area (Å²) in [5.74, 6) is 1.13. The maximum atomic E-state index is 10.6. The van der Waals surface area contributed by atoms with Gasteiger partial charge in [-0.1, -0.05) is 12.1 Å². The van der Waals surface area contributed by atoms with E-state index < -0.39 is 11.9 Å². The number of thiophene rings is 2. The molecule has 0 unspecified atom stereocenters. The summed E-state index contributed by atoms with van der Waals surface area (Å²) in [5.41, 5.74) is 7.98. The second kappa shape index (κ2) is 28.8. The lowest BCUT2D eigenvalue weighted by atomic mass is 9.99. The molecule has 7 rings (SSSR count). The molecule has 4 heterocycles. The van der Waals surface area contributed by atoms with Gasteiger partial charge in [-0.25, -0.2) is 9.97 Å². The smallest absolute Gasteiger partial charge is 0.313 e. The Morgan fingerprint density at radius 1 is 0.464 bits per heavy atom. The van der Waals surface area contributed by atoms with Crippen LogP contribution >= 0.6 is 57.9 Å². The Hall–Kier alpha value is -4.78. The molecule has 4 aromatic heterocycles. The molecule has 2 N–H and O–H groups in total. The largest absolute Gasteiger partial charge is 0.491 e. The number of aromatic nitrogens is 4. The second-order valence-corrected chi connectivity index (χ2v) is 19.2. The fraction of sp³-hybridized carbons (Fsp3) is 0.375. The van der Waals surface area contributed by atoms with E-state index in [2.05, 4.69) is 22.9 Å². The zero-order chi connectivity index (χ0) is 47.9. The number of hydrogen-bond donors (Lipinski definition) is 2. The highest BCUT2D eigenvalue weighted by Crippen LogP contribution is 2.45. The number of rotatable bonds is 34. The number of ether oxygens (including phenoxy) is 8. The maximum absolute atomic E-state index is 10.6. The third-order valence-electron chi connectivity index (χ3n) is 9.80. The van der Waals surface area contributed by atoms with E-state index in [0.717, 1.165) is 54.1 Å². The second-order valence-electron chi connectivity index (χ2n) is 14.6. The zero-order valence-corrected chi connectivity index (χ0v) is 41.7. The van der Waals surface area contributed by atoms with Crippen LogP contribution in [-0.4, -0.2) is 156 Å². The summed E-state index contributed by atoms with van der Waals surface area (Å²) in [7, 11) is 0. The summed E-state index contributed by atoms with van der Waals surface area (Å²) < 4.78 is 55.2. The molecule has 21 heteroatoms. The molecule has 16 nitrogen and oxygen atoms in total. The number of nitrogens with zero attached hydrogens (tertiary/aromatic N) is 4. The fourth-order valence-electron chi connectivity index (χ4n) is 6.73. The summed E-state index contributed by atoms with van der Waals surface area (Å²) in [6.07, 6.45) is 0. The van der Waals surface area contributed by atoms with Crippen molar-refractivity contribution in [2.75, 3.05) is 116 Å². The maximum Gasteiger partial charge on any atom is 0.313 e. The molecular formula is C48H52N4O12S5. The molecular weight excluding hydrogens is 985 g/mol. The third-order valence-corrected chi connectivity index (χ3v) is 13.9. The molecule has 0 atom stereocenters. The molecule has 0 aliphatic carbocycles. The van der Waals surface area contributed by atoms with E-state index >= 15 is 0 Å². The van der Waals surface area contributed by atoms with Crippen LogP contribution in [0.3, 0.4) is 0 Å². The minimum Gasteiger partial charge on any atom is -0.491 e. The normalized spacial score (nSPS) is 11.5. The quantitative estimate of drug-likeness (QED) is 0.0362. The lowest BCUT2D eigenvalue weighted by Gasteiger charge is -2.16. The van der Waals surface area contributed by atoms with Gasteiger partial charge in [0.25, 0.3) is 0 Å². The minimum absolute atomic E-state index is 0.0745. The highest BCUT2D eigenvalue weighted by Gasteiger charge is 2.26. The van der Waals surface area contributed by atoms with Gasteiger partial charge in [0, 0.05) is 43.5 Å². The Morgan fingerprint density at radius 2 is 0.826 bits per heavy atom. The van der Waals surface area contributed by atoms with Gasteiger partial charge in [-0.2, -0.15) is 8.75 Å². The lowest BCUT2D eigenvalue weighted by molar-refractivity contribution is -0.134. The van der Waals surface area contributed by atoms with E-state index in [0.29, 0.717) is 127 Å². The number of carboxylic acid groups (broad SMARTS) is 2. The number of benzene rings is 3. The van der Waals surface area contributed by atoms with Crippen molar-refractivity contribution in [2.24, 2.45) is 0 Å². The van der Waals surface area contributed by atoms with E-state index in [1.165, 1.54) is 35.3 Å². The molecule has 366 valence electrons. The molecule has 0 aliphatic heterocycles. The molecule has 0 spiro atoms. The van der Waals surface area contributed by atoms with Crippen LogP contribution in [0.15, 0.2) is 83.6 Å². The van der Waals surface area contributed by atoms with Crippen molar-refractivity contribution >= 4 is 91.9 Å². The van der Waals surface area contributed by atoms with Gasteiger partial charge >= 0.3 is 11.9 Å². The van der Waals surface area contributed by atoms with Crippen LogP contribution < -0.4 is 9.47 Å². The van der Waals surface area contributed by atoms with Gasteiger partial charge in [-0.3, -0.25) is 9.59 Å². The average molecular weight is 1040 g/mol. The van der Waals surface area contributed by atoms with Crippen molar-refractivity contribution < 1.29 is 57.7 Å². The number of thioether (sulfide) groups is 2. The minimum atomic E-state index is -0.826. The Bertz CT molecular complexity index is 2440. The molecule has 69 heavy (non-hydrogen) atoms. The highest BCUT2D eigenvalue weighted by molar-refractivity contribution is 8.00. The molecule has 0 saturated heterocycles. The SMILES string of the molecule is O=C(O)CSCCOCCOCCOCCOc1ccc(-c2nc3c(-c4cccs4)c4nsnc4c(-c4cccs4)c3nc2-c2ccc(OCCOCCOCCOCCSCC(=O)O)cc2)cc1. The van der Waals surface area contributed by atoms with Gasteiger partial charge in [0.15, 0.2) is 0 Å². The van der Waals surface area contributed by atoms with Gasteiger partial charge in [0.05, 0.1) is 114 Å². The van der Waals surface area contributed by atoms with Crippen molar-refractivity contribution in [1.82, 2.24) is 18.7 Å². The number of aliphatic carboxylic acids is 2. The lowest BCUT2D eigenvalue weighted by Crippen LogP contribution is -2.13. The van der Waals surface area contributed by atoms with Crippen molar-refractivity contribution in [3.63, 3.8) is 0 Å². The summed E-state index contributed by atoms with van der Waals surface area (Å²) in [5, 5.41) is 21.5. The summed E-state index contributed by atoms with van der Waals surface area (Å²) in [6, 6.07) is 23.9. The Kier molecular flexibility index (Phi) is 21.7. The summed E-state index contributed by atoms with van der Waals surface area (Å²) >= 11 is 7.09. The standard InChI is InChI=1S/C48H52N4O12S5/c53-39(54)31-65-29-25-61-19-17-57-13-15-59-21-23-63-35-9-5-33(6-10-35)43-44(34-7-11-36(12-8-34)64-24-22-60-16-14-58-18-20-62-26-30-66-32-40(55)56)50-46-42(38-4-2-28-68-38)48-47(51-69-52-48)41(45(46)49-43)37-3-1-27-67-37/h1-12,27-28H,13-26,29-32H2,(H,53,54)(H,55,56). The number of fused-ring (bicyclic) bond motifs is 2. The Balaban J connectivity index is 0.992. The van der Waals surface area contributed by atoms with Crippen LogP contribution in [0.1, 0.15) is 0 Å². The molecule has 0 bridgehead atoms. The first-order valence-corrected chi connectivity index (χ1v) is 26.9. The van der Waals surface area contributed by atoms with Crippen LogP contribution in [0.5, 0.6) is 11.5 Å².